The Balaban J connectivity index is 2.07. The smallest absolute Gasteiger partial charge is 0.182 e. The molecule has 1 aliphatic rings. The lowest BCUT2D eigenvalue weighted by atomic mass is 10.1. The third-order valence-electron chi connectivity index (χ3n) is 2.41. The third kappa shape index (κ3) is 0.973. The molecule has 3 N–H and O–H groups in total. The largest absolute Gasteiger partial charge is 0.351 e. The summed E-state index contributed by atoms with van der Waals surface area (Å²) in [5, 5.41) is 0. The lowest BCUT2D eigenvalue weighted by Gasteiger charge is -2.37. The molecule has 6 nitrogen and oxygen atoms in total. The van der Waals surface area contributed by atoms with Crippen molar-refractivity contribution >= 4 is 17.0 Å². The summed E-state index contributed by atoms with van der Waals surface area (Å²) in [5.74, 6) is 0.897. The summed E-state index contributed by atoms with van der Waals surface area (Å²) >= 11 is 0. The Labute approximate surface area is 80.2 Å². The average molecular weight is 190 g/mol. The number of H-pyrrole nitrogens is 1. The zero-order chi connectivity index (χ0) is 9.54. The summed E-state index contributed by atoms with van der Waals surface area (Å²) in [6.07, 6.45) is 3.16. The molecule has 0 unspecified atom stereocenters. The Morgan fingerprint density at radius 3 is 3.00 bits per heavy atom. The van der Waals surface area contributed by atoms with Gasteiger partial charge in [-0.05, 0) is 0 Å². The van der Waals surface area contributed by atoms with Crippen molar-refractivity contribution < 1.29 is 0 Å². The van der Waals surface area contributed by atoms with E-state index in [2.05, 4.69) is 24.8 Å². The fourth-order valence-electron chi connectivity index (χ4n) is 1.68. The van der Waals surface area contributed by atoms with Crippen LogP contribution in [-0.2, 0) is 0 Å². The molecule has 0 aliphatic carbocycles. The van der Waals surface area contributed by atoms with E-state index in [9.17, 15) is 0 Å². The molecule has 0 amide bonds. The molecular formula is C8H10N6. The van der Waals surface area contributed by atoms with Gasteiger partial charge in [-0.1, -0.05) is 0 Å². The molecule has 0 aromatic carbocycles. The van der Waals surface area contributed by atoms with Crippen molar-refractivity contribution in [2.24, 2.45) is 5.73 Å². The fourth-order valence-corrected chi connectivity index (χ4v) is 1.68. The number of anilines is 1. The van der Waals surface area contributed by atoms with Gasteiger partial charge in [-0.2, -0.15) is 0 Å². The number of aromatic nitrogens is 4. The second-order valence-electron chi connectivity index (χ2n) is 3.46. The Kier molecular flexibility index (Phi) is 1.45. The van der Waals surface area contributed by atoms with Crippen molar-refractivity contribution in [3.63, 3.8) is 0 Å². The highest BCUT2D eigenvalue weighted by Crippen LogP contribution is 2.23. The van der Waals surface area contributed by atoms with E-state index in [1.54, 1.807) is 6.33 Å². The van der Waals surface area contributed by atoms with Crippen LogP contribution in [-0.4, -0.2) is 39.1 Å². The Bertz CT molecular complexity index is 458. The minimum absolute atomic E-state index is 0.267. The van der Waals surface area contributed by atoms with Crippen molar-refractivity contribution in [3.8, 4) is 0 Å². The first kappa shape index (κ1) is 7.69. The minimum Gasteiger partial charge on any atom is -0.351 e. The van der Waals surface area contributed by atoms with E-state index in [4.69, 9.17) is 5.73 Å². The number of aromatic amines is 1. The predicted molar refractivity (Wildman–Crippen MR) is 51.9 cm³/mol. The summed E-state index contributed by atoms with van der Waals surface area (Å²) in [6, 6.07) is 0.267. The molecule has 1 aliphatic heterocycles. The van der Waals surface area contributed by atoms with E-state index in [1.807, 2.05) is 0 Å². The number of nitrogens with one attached hydrogen (secondary N) is 1. The van der Waals surface area contributed by atoms with Crippen LogP contribution in [0.25, 0.3) is 11.2 Å². The zero-order valence-corrected chi connectivity index (χ0v) is 7.51. The highest BCUT2D eigenvalue weighted by atomic mass is 15.3. The molecule has 1 fully saturated rings. The van der Waals surface area contributed by atoms with Crippen LogP contribution in [0.1, 0.15) is 0 Å². The maximum atomic E-state index is 5.71. The van der Waals surface area contributed by atoms with Crippen molar-refractivity contribution in [2.75, 3.05) is 18.0 Å². The van der Waals surface area contributed by atoms with Crippen LogP contribution < -0.4 is 10.6 Å². The van der Waals surface area contributed by atoms with Crippen molar-refractivity contribution in [3.05, 3.63) is 12.7 Å². The molecule has 0 radical (unpaired) electrons. The number of nitrogens with zero attached hydrogens (tertiary/aromatic N) is 4. The topological polar surface area (TPSA) is 83.7 Å². The minimum atomic E-state index is 0.267. The van der Waals surface area contributed by atoms with Crippen LogP contribution in [0.4, 0.5) is 5.82 Å². The highest BCUT2D eigenvalue weighted by molar-refractivity contribution is 5.83. The van der Waals surface area contributed by atoms with E-state index in [1.165, 1.54) is 6.33 Å². The summed E-state index contributed by atoms with van der Waals surface area (Å²) in [7, 11) is 0. The molecule has 72 valence electrons. The molecule has 14 heavy (non-hydrogen) atoms. The lowest BCUT2D eigenvalue weighted by Crippen LogP contribution is -2.56. The maximum Gasteiger partial charge on any atom is 0.182 e. The summed E-state index contributed by atoms with van der Waals surface area (Å²) in [4.78, 5) is 17.5. The van der Waals surface area contributed by atoms with Crippen LogP contribution in [0.3, 0.4) is 0 Å². The Morgan fingerprint density at radius 2 is 2.21 bits per heavy atom. The van der Waals surface area contributed by atoms with Crippen LogP contribution >= 0.6 is 0 Å². The van der Waals surface area contributed by atoms with E-state index in [-0.39, 0.29) is 6.04 Å². The zero-order valence-electron chi connectivity index (χ0n) is 7.51. The first-order valence-electron chi connectivity index (χ1n) is 4.49. The predicted octanol–water partition coefficient (Wildman–Crippen LogP) is -0.500. The van der Waals surface area contributed by atoms with Gasteiger partial charge in [-0.3, -0.25) is 0 Å². The van der Waals surface area contributed by atoms with Crippen LogP contribution in [0.2, 0.25) is 0 Å². The number of hydrogen-bond acceptors (Lipinski definition) is 5. The Morgan fingerprint density at radius 1 is 1.36 bits per heavy atom. The maximum absolute atomic E-state index is 5.71. The first-order valence-corrected chi connectivity index (χ1v) is 4.49. The molecular weight excluding hydrogens is 180 g/mol. The molecule has 2 aromatic rings. The normalized spacial score (nSPS) is 17.4. The van der Waals surface area contributed by atoms with Gasteiger partial charge in [0.2, 0.25) is 0 Å². The van der Waals surface area contributed by atoms with E-state index in [0.717, 1.165) is 24.4 Å². The van der Waals surface area contributed by atoms with Crippen molar-refractivity contribution in [2.45, 2.75) is 6.04 Å². The third-order valence-corrected chi connectivity index (χ3v) is 2.41. The quantitative estimate of drug-likeness (QED) is 0.633. The average Bonchev–Trinajstić information content (AvgIpc) is 2.60. The Hall–Kier alpha value is -1.69. The molecule has 3 rings (SSSR count). The van der Waals surface area contributed by atoms with Gasteiger partial charge in [-0.15, -0.1) is 0 Å². The lowest BCUT2D eigenvalue weighted by molar-refractivity contribution is 0.515. The summed E-state index contributed by atoms with van der Waals surface area (Å²) in [6.45, 7) is 1.70. The van der Waals surface area contributed by atoms with Crippen LogP contribution in [0, 0.1) is 0 Å². The van der Waals surface area contributed by atoms with Crippen molar-refractivity contribution in [1.82, 2.24) is 19.9 Å². The highest BCUT2D eigenvalue weighted by Gasteiger charge is 2.26. The molecule has 0 bridgehead atoms. The van der Waals surface area contributed by atoms with Crippen LogP contribution in [0.15, 0.2) is 12.7 Å². The van der Waals surface area contributed by atoms with E-state index in [0.29, 0.717) is 5.65 Å². The van der Waals surface area contributed by atoms with Gasteiger partial charge >= 0.3 is 0 Å². The van der Waals surface area contributed by atoms with Gasteiger partial charge in [0.05, 0.1) is 6.33 Å². The SMILES string of the molecule is NC1CN(c2ncnc3nc[nH]c23)C1. The van der Waals surface area contributed by atoms with Gasteiger partial charge in [0.15, 0.2) is 11.5 Å². The summed E-state index contributed by atoms with van der Waals surface area (Å²) < 4.78 is 0. The number of imidazole rings is 1. The number of nitrogens with two attached hydrogens (primary N) is 1. The van der Waals surface area contributed by atoms with Gasteiger partial charge < -0.3 is 15.6 Å². The van der Waals surface area contributed by atoms with Gasteiger partial charge in [-0.25, -0.2) is 15.0 Å². The van der Waals surface area contributed by atoms with Gasteiger partial charge in [0.25, 0.3) is 0 Å². The monoisotopic (exact) mass is 190 g/mol. The van der Waals surface area contributed by atoms with E-state index < -0.39 is 0 Å². The molecule has 1 saturated heterocycles. The molecule has 3 heterocycles. The molecule has 6 heteroatoms. The molecule has 0 spiro atoms. The number of rotatable bonds is 1. The summed E-state index contributed by atoms with van der Waals surface area (Å²) in [5.41, 5.74) is 7.31. The second kappa shape index (κ2) is 2.65. The second-order valence-corrected chi connectivity index (χ2v) is 3.46. The standard InChI is InChI=1S/C8H10N6/c9-5-1-14(2-5)8-6-7(11-3-10-6)12-4-13-8/h3-5H,1-2,9H2,(H,10,11,12,13). The van der Waals surface area contributed by atoms with Gasteiger partial charge in [0, 0.05) is 19.1 Å². The van der Waals surface area contributed by atoms with E-state index >= 15 is 0 Å². The van der Waals surface area contributed by atoms with Crippen molar-refractivity contribution in [1.29, 1.82) is 0 Å². The molecule has 0 atom stereocenters. The number of hydrogen-bond donors (Lipinski definition) is 2. The van der Waals surface area contributed by atoms with Crippen LogP contribution in [0.5, 0.6) is 0 Å². The number of fused-ring (bicyclic) bond motifs is 1. The first-order chi connectivity index (χ1) is 6.84. The fraction of sp³-hybridized carbons (Fsp3) is 0.375. The molecule has 0 saturated carbocycles. The van der Waals surface area contributed by atoms with Gasteiger partial charge in [0.1, 0.15) is 11.8 Å². The molecule has 2 aromatic heterocycles.